The molecule has 4 N–H and O–H groups in total. The lowest BCUT2D eigenvalue weighted by atomic mass is 9.79. The summed E-state index contributed by atoms with van der Waals surface area (Å²) in [5.41, 5.74) is 3.38. The molecule has 4 rings (SSSR count). The van der Waals surface area contributed by atoms with Crippen molar-refractivity contribution in [2.45, 2.75) is 37.8 Å². The summed E-state index contributed by atoms with van der Waals surface area (Å²) in [4.78, 5) is 37.1. The average Bonchev–Trinajstić information content (AvgIpc) is 3.18. The van der Waals surface area contributed by atoms with Crippen molar-refractivity contribution in [3.8, 4) is 11.1 Å². The van der Waals surface area contributed by atoms with Crippen LogP contribution in [0.3, 0.4) is 0 Å². The summed E-state index contributed by atoms with van der Waals surface area (Å²) in [5.74, 6) is -1.97. The van der Waals surface area contributed by atoms with Gasteiger partial charge in [-0.15, -0.1) is 0 Å². The molecule has 1 saturated heterocycles. The van der Waals surface area contributed by atoms with E-state index in [0.717, 1.165) is 22.3 Å². The standard InChI is InChI=1S/C26H30N2O7/c1-16(29)22(23(30)31)28-24(32)26(10-12-34-13-11-26)15-27-25(33)35-14-21-19-8-4-2-6-17(19)18-7-3-5-9-20(18)21/h2-9,16,21-22,29H,10-15H2,1H3,(H,27,33)(H,28,32)(H,30,31)/t16-,22+/m1/s1. The van der Waals surface area contributed by atoms with Crippen LogP contribution in [0.25, 0.3) is 11.1 Å². The van der Waals surface area contributed by atoms with Crippen molar-refractivity contribution < 1.29 is 34.1 Å². The van der Waals surface area contributed by atoms with E-state index in [0.29, 0.717) is 26.1 Å². The highest BCUT2D eigenvalue weighted by atomic mass is 16.5. The molecule has 0 aromatic heterocycles. The normalized spacial score (nSPS) is 18.0. The molecule has 35 heavy (non-hydrogen) atoms. The number of carbonyl (C=O) groups excluding carboxylic acids is 2. The van der Waals surface area contributed by atoms with E-state index in [2.05, 4.69) is 22.8 Å². The Labute approximate surface area is 203 Å². The molecule has 1 aliphatic carbocycles. The number of rotatable bonds is 8. The van der Waals surface area contributed by atoms with Gasteiger partial charge in [-0.1, -0.05) is 48.5 Å². The number of ether oxygens (including phenoxy) is 2. The van der Waals surface area contributed by atoms with Crippen LogP contribution in [0, 0.1) is 5.41 Å². The number of hydrogen-bond donors (Lipinski definition) is 4. The number of alkyl carbamates (subject to hydrolysis) is 1. The summed E-state index contributed by atoms with van der Waals surface area (Å²) in [7, 11) is 0. The molecule has 186 valence electrons. The monoisotopic (exact) mass is 482 g/mol. The van der Waals surface area contributed by atoms with Crippen molar-refractivity contribution in [2.24, 2.45) is 5.41 Å². The number of carboxylic acid groups (broad SMARTS) is 1. The molecule has 0 unspecified atom stereocenters. The molecule has 2 aromatic rings. The molecule has 0 bridgehead atoms. The average molecular weight is 483 g/mol. The molecule has 2 aliphatic rings. The number of amides is 2. The predicted octanol–water partition coefficient (Wildman–Crippen LogP) is 2.27. The summed E-state index contributed by atoms with van der Waals surface area (Å²) in [6.07, 6.45) is -1.33. The molecular weight excluding hydrogens is 452 g/mol. The first-order valence-electron chi connectivity index (χ1n) is 11.7. The molecule has 0 radical (unpaired) electrons. The van der Waals surface area contributed by atoms with Gasteiger partial charge in [0, 0.05) is 25.7 Å². The van der Waals surface area contributed by atoms with Gasteiger partial charge >= 0.3 is 12.1 Å². The number of hydrogen-bond acceptors (Lipinski definition) is 6. The van der Waals surface area contributed by atoms with Crippen LogP contribution in [0.15, 0.2) is 48.5 Å². The van der Waals surface area contributed by atoms with Crippen LogP contribution >= 0.6 is 0 Å². The van der Waals surface area contributed by atoms with Gasteiger partial charge in [0.15, 0.2) is 6.04 Å². The zero-order valence-corrected chi connectivity index (χ0v) is 19.5. The number of aliphatic hydroxyl groups is 1. The molecule has 2 amide bonds. The summed E-state index contributed by atoms with van der Waals surface area (Å²) in [6, 6.07) is 14.6. The first-order valence-corrected chi connectivity index (χ1v) is 11.7. The fourth-order valence-corrected chi connectivity index (χ4v) is 4.82. The Kier molecular flexibility index (Phi) is 7.37. The van der Waals surface area contributed by atoms with Gasteiger partial charge in [-0.05, 0) is 42.0 Å². The quantitative estimate of drug-likeness (QED) is 0.453. The number of carbonyl (C=O) groups is 3. The topological polar surface area (TPSA) is 134 Å². The Morgan fingerprint density at radius 1 is 1.06 bits per heavy atom. The third-order valence-electron chi connectivity index (χ3n) is 6.88. The van der Waals surface area contributed by atoms with Crippen LogP contribution in [0.4, 0.5) is 4.79 Å². The molecule has 0 saturated carbocycles. The SMILES string of the molecule is C[C@@H](O)[C@H](NC(=O)C1(CNC(=O)OCC2c3ccccc3-c3ccccc32)CCOCC1)C(=O)O. The Morgan fingerprint density at radius 2 is 1.63 bits per heavy atom. The Morgan fingerprint density at radius 3 is 2.17 bits per heavy atom. The fraction of sp³-hybridized carbons (Fsp3) is 0.423. The third kappa shape index (κ3) is 5.16. The van der Waals surface area contributed by atoms with E-state index >= 15 is 0 Å². The highest BCUT2D eigenvalue weighted by molar-refractivity contribution is 5.88. The van der Waals surface area contributed by atoms with Crippen LogP contribution in [0.5, 0.6) is 0 Å². The first-order chi connectivity index (χ1) is 16.8. The van der Waals surface area contributed by atoms with E-state index in [-0.39, 0.29) is 19.1 Å². The minimum atomic E-state index is -1.45. The number of aliphatic hydroxyl groups excluding tert-OH is 1. The number of fused-ring (bicyclic) bond motifs is 3. The number of nitrogens with one attached hydrogen (secondary N) is 2. The van der Waals surface area contributed by atoms with Crippen molar-refractivity contribution in [2.75, 3.05) is 26.4 Å². The predicted molar refractivity (Wildman–Crippen MR) is 127 cm³/mol. The third-order valence-corrected chi connectivity index (χ3v) is 6.88. The second-order valence-corrected chi connectivity index (χ2v) is 9.10. The van der Waals surface area contributed by atoms with Crippen molar-refractivity contribution >= 4 is 18.0 Å². The lowest BCUT2D eigenvalue weighted by Crippen LogP contribution is -2.57. The van der Waals surface area contributed by atoms with Gasteiger partial charge in [0.1, 0.15) is 6.61 Å². The van der Waals surface area contributed by atoms with E-state index in [1.54, 1.807) is 0 Å². The minimum Gasteiger partial charge on any atom is -0.480 e. The number of benzene rings is 2. The maximum Gasteiger partial charge on any atom is 0.407 e. The lowest BCUT2D eigenvalue weighted by Gasteiger charge is -2.36. The van der Waals surface area contributed by atoms with Gasteiger partial charge in [0.05, 0.1) is 11.5 Å². The minimum absolute atomic E-state index is 0.0367. The molecule has 9 heteroatoms. The van der Waals surface area contributed by atoms with Crippen molar-refractivity contribution in [3.63, 3.8) is 0 Å². The van der Waals surface area contributed by atoms with Crippen molar-refractivity contribution in [1.29, 1.82) is 0 Å². The highest BCUT2D eigenvalue weighted by Crippen LogP contribution is 2.44. The molecule has 1 aliphatic heterocycles. The largest absolute Gasteiger partial charge is 0.480 e. The highest BCUT2D eigenvalue weighted by Gasteiger charge is 2.42. The summed E-state index contributed by atoms with van der Waals surface area (Å²) in [6.45, 7) is 2.00. The van der Waals surface area contributed by atoms with Crippen LogP contribution in [-0.4, -0.2) is 66.7 Å². The molecule has 1 fully saturated rings. The zero-order chi connectivity index (χ0) is 25.0. The second kappa shape index (κ2) is 10.5. The smallest absolute Gasteiger partial charge is 0.407 e. The molecule has 0 spiro atoms. The summed E-state index contributed by atoms with van der Waals surface area (Å²) >= 11 is 0. The van der Waals surface area contributed by atoms with Crippen LogP contribution in [0.1, 0.15) is 36.8 Å². The van der Waals surface area contributed by atoms with E-state index in [9.17, 15) is 24.6 Å². The summed E-state index contributed by atoms with van der Waals surface area (Å²) < 4.78 is 10.9. The number of carboxylic acids is 1. The second-order valence-electron chi connectivity index (χ2n) is 9.10. The van der Waals surface area contributed by atoms with Crippen LogP contribution in [0.2, 0.25) is 0 Å². The lowest BCUT2D eigenvalue weighted by molar-refractivity contribution is -0.148. The molecule has 1 heterocycles. The van der Waals surface area contributed by atoms with E-state index in [1.165, 1.54) is 6.92 Å². The van der Waals surface area contributed by atoms with Gasteiger partial charge in [-0.25, -0.2) is 9.59 Å². The van der Waals surface area contributed by atoms with Gasteiger partial charge < -0.3 is 30.3 Å². The summed E-state index contributed by atoms with van der Waals surface area (Å²) in [5, 5.41) is 24.2. The molecule has 9 nitrogen and oxygen atoms in total. The molecule has 2 aromatic carbocycles. The van der Waals surface area contributed by atoms with E-state index in [4.69, 9.17) is 9.47 Å². The van der Waals surface area contributed by atoms with Gasteiger partial charge in [-0.3, -0.25) is 4.79 Å². The first kappa shape index (κ1) is 24.7. The maximum atomic E-state index is 13.1. The van der Waals surface area contributed by atoms with Crippen LogP contribution < -0.4 is 10.6 Å². The van der Waals surface area contributed by atoms with Crippen molar-refractivity contribution in [1.82, 2.24) is 10.6 Å². The van der Waals surface area contributed by atoms with Gasteiger partial charge in [0.25, 0.3) is 0 Å². The van der Waals surface area contributed by atoms with Gasteiger partial charge in [-0.2, -0.15) is 0 Å². The Bertz CT molecular complexity index is 1050. The van der Waals surface area contributed by atoms with Crippen molar-refractivity contribution in [3.05, 3.63) is 59.7 Å². The van der Waals surface area contributed by atoms with Crippen LogP contribution in [-0.2, 0) is 19.1 Å². The maximum absolute atomic E-state index is 13.1. The van der Waals surface area contributed by atoms with E-state index < -0.39 is 35.5 Å². The fourth-order valence-electron chi connectivity index (χ4n) is 4.82. The zero-order valence-electron chi connectivity index (χ0n) is 19.5. The Hall–Kier alpha value is -3.43. The van der Waals surface area contributed by atoms with Gasteiger partial charge in [0.2, 0.25) is 5.91 Å². The molecular formula is C26H30N2O7. The Balaban J connectivity index is 1.40. The van der Waals surface area contributed by atoms with E-state index in [1.807, 2.05) is 36.4 Å². The number of aliphatic carboxylic acids is 1. The molecule has 2 atom stereocenters.